The summed E-state index contributed by atoms with van der Waals surface area (Å²) in [6.45, 7) is 2.40. The Morgan fingerprint density at radius 2 is 1.36 bits per heavy atom. The first-order valence-electron chi connectivity index (χ1n) is 11.2. The summed E-state index contributed by atoms with van der Waals surface area (Å²) in [7, 11) is 0. The Morgan fingerprint density at radius 1 is 0.821 bits per heavy atom. The normalized spacial score (nSPS) is 29.4. The number of rotatable bonds is 3. The molecule has 0 amide bonds. The molecule has 1 atom stereocenters. The number of benzene rings is 2. The van der Waals surface area contributed by atoms with Gasteiger partial charge in [0.25, 0.3) is 0 Å². The molecule has 0 fully saturated rings. The van der Waals surface area contributed by atoms with E-state index < -0.39 is 12.6 Å². The average molecular weight is 542 g/mol. The van der Waals surface area contributed by atoms with Gasteiger partial charge in [-0.05, 0) is 0 Å². The zero-order valence-corrected chi connectivity index (χ0v) is 22.8. The molecule has 28 heavy (non-hydrogen) atoms. The van der Waals surface area contributed by atoms with E-state index in [1.54, 1.807) is 0 Å². The topological polar surface area (TPSA) is 0 Å². The summed E-state index contributed by atoms with van der Waals surface area (Å²) in [5.74, 6) is 0. The summed E-state index contributed by atoms with van der Waals surface area (Å²) in [6, 6.07) is 13.7. The molecule has 1 heteroatoms. The van der Waals surface area contributed by atoms with Crippen molar-refractivity contribution in [3.8, 4) is 0 Å². The Balaban J connectivity index is 2.27. The van der Waals surface area contributed by atoms with Crippen LogP contribution in [0.4, 0.5) is 0 Å². The zero-order chi connectivity index (χ0) is 20.9. The SMILES string of the molecule is CC[C]1([Hf]([CH3])([CH3])([CH3])([CH3])([CH3])([CH3])([CH3])[CH]2C=CC=C2)C=Cc2cc3ccccc3cc21. The van der Waals surface area contributed by atoms with Gasteiger partial charge >= 0.3 is 160 Å². The van der Waals surface area contributed by atoms with Gasteiger partial charge < -0.3 is 0 Å². The van der Waals surface area contributed by atoms with Gasteiger partial charge in [-0.2, -0.15) is 0 Å². The Kier molecular flexibility index (Phi) is 2.40. The second kappa shape index (κ2) is 3.35. The van der Waals surface area contributed by atoms with Crippen molar-refractivity contribution in [1.29, 1.82) is 0 Å². The summed E-state index contributed by atoms with van der Waals surface area (Å²) in [6.07, 6.45) is 15.6. The third-order valence-electron chi connectivity index (χ3n) is 10.1. The Bertz CT molecular complexity index is 1190. The van der Waals surface area contributed by atoms with E-state index in [-0.39, 0.29) is 3.17 Å². The van der Waals surface area contributed by atoms with Crippen LogP contribution in [-0.4, -0.2) is 0 Å². The molecule has 0 N–H and O–H groups in total. The van der Waals surface area contributed by atoms with Crippen LogP contribution in [0.25, 0.3) is 16.8 Å². The van der Waals surface area contributed by atoms with Crippen molar-refractivity contribution in [1.82, 2.24) is 0 Å². The van der Waals surface area contributed by atoms with Gasteiger partial charge in [0, 0.05) is 0 Å². The quantitative estimate of drug-likeness (QED) is 0.339. The number of fused-ring (bicyclic) bond motifs is 2. The fraction of sp³-hybridized carbons (Fsp3) is 0.407. The molecule has 151 valence electrons. The van der Waals surface area contributed by atoms with Crippen LogP contribution < -0.4 is 0 Å². The molecule has 2 aliphatic rings. The first kappa shape index (κ1) is 20.1. The van der Waals surface area contributed by atoms with Crippen LogP contribution in [0.1, 0.15) is 24.5 Å². The Hall–Kier alpha value is -1.21. The molecular formula is C27H39Hf. The molecule has 0 saturated heterocycles. The van der Waals surface area contributed by atoms with E-state index in [2.05, 4.69) is 113 Å². The number of hydrogen-bond acceptors (Lipinski definition) is 0. The van der Waals surface area contributed by atoms with Crippen LogP contribution in [0.15, 0.2) is 66.8 Å². The second-order valence-corrected chi connectivity index (χ2v) is 129. The van der Waals surface area contributed by atoms with Crippen molar-refractivity contribution in [2.45, 2.75) is 53.0 Å². The van der Waals surface area contributed by atoms with Gasteiger partial charge in [0.2, 0.25) is 0 Å². The van der Waals surface area contributed by atoms with Gasteiger partial charge in [-0.1, -0.05) is 0 Å². The van der Waals surface area contributed by atoms with Crippen LogP contribution in [-0.2, 0) is 15.8 Å². The molecule has 2 aromatic carbocycles. The minimum atomic E-state index is -5.55. The van der Waals surface area contributed by atoms with Crippen LogP contribution in [0, 0.1) is 0 Å². The third kappa shape index (κ3) is 2.00. The van der Waals surface area contributed by atoms with Gasteiger partial charge in [0.15, 0.2) is 0 Å². The molecule has 1 unspecified atom stereocenters. The third-order valence-corrected chi connectivity index (χ3v) is 56.6. The standard InChI is InChI=1S/C15H13.C5H5.7CH3.Hf/c1-2-11-7-8-14-9-12-5-3-4-6-13(12)10-15(11)14;1-2-4-5-3-1;;;;;;;;/h3-10H,2H2,1H3;1-5H;7*1H3;. The summed E-state index contributed by atoms with van der Waals surface area (Å²) in [4.78, 5) is 0. The van der Waals surface area contributed by atoms with Crippen molar-refractivity contribution in [3.63, 3.8) is 0 Å². The molecule has 0 nitrogen and oxygen atoms in total. The Morgan fingerprint density at radius 3 is 1.89 bits per heavy atom. The summed E-state index contributed by atoms with van der Waals surface area (Å²) in [5, 5.41) is 2.68. The van der Waals surface area contributed by atoms with E-state index in [9.17, 15) is 0 Å². The first-order chi connectivity index (χ1) is 12.2. The van der Waals surface area contributed by atoms with Crippen molar-refractivity contribution >= 4 is 16.8 Å². The zero-order valence-electron chi connectivity index (χ0n) is 19.2. The summed E-state index contributed by atoms with van der Waals surface area (Å²) in [5.41, 5.74) is 2.91. The van der Waals surface area contributed by atoms with Crippen molar-refractivity contribution in [2.75, 3.05) is 0 Å². The van der Waals surface area contributed by atoms with Crippen LogP contribution >= 0.6 is 0 Å². The second-order valence-electron chi connectivity index (χ2n) is 20.2. The molecule has 2 aromatic rings. The van der Waals surface area contributed by atoms with Gasteiger partial charge in [-0.15, -0.1) is 0 Å². The number of allylic oxidation sites excluding steroid dienone is 5. The molecule has 0 spiro atoms. The van der Waals surface area contributed by atoms with E-state index in [1.165, 1.54) is 21.9 Å². The molecular weight excluding hydrogens is 503 g/mol. The molecule has 4 rings (SSSR count). The van der Waals surface area contributed by atoms with Gasteiger partial charge in [-0.25, -0.2) is 0 Å². The van der Waals surface area contributed by atoms with Crippen LogP contribution in [0.3, 0.4) is 0 Å². The van der Waals surface area contributed by atoms with Gasteiger partial charge in [0.1, 0.15) is 0 Å². The monoisotopic (exact) mass is 543 g/mol. The molecule has 0 bridgehead atoms. The summed E-state index contributed by atoms with van der Waals surface area (Å²) < 4.78 is 19.2. The molecule has 0 saturated carbocycles. The minimum absolute atomic E-state index is 0.0510. The predicted octanol–water partition coefficient (Wildman–Crippen LogP) is 9.56. The van der Waals surface area contributed by atoms with Crippen LogP contribution in [0.5, 0.6) is 0 Å². The predicted molar refractivity (Wildman–Crippen MR) is 128 cm³/mol. The fourth-order valence-electron chi connectivity index (χ4n) is 7.58. The summed E-state index contributed by atoms with van der Waals surface area (Å²) >= 11 is -5.55. The first-order valence-corrected chi connectivity index (χ1v) is 40.2. The van der Waals surface area contributed by atoms with Crippen molar-refractivity contribution in [3.05, 3.63) is 77.9 Å². The van der Waals surface area contributed by atoms with Gasteiger partial charge in [-0.3, -0.25) is 0 Å². The number of hydrogen-bond donors (Lipinski definition) is 0. The molecule has 0 aromatic heterocycles. The van der Waals surface area contributed by atoms with E-state index >= 15 is 0 Å². The Labute approximate surface area is 159 Å². The van der Waals surface area contributed by atoms with Crippen molar-refractivity contribution < 1.29 is 12.6 Å². The maximum absolute atomic E-state index is 5.55. The fourth-order valence-corrected chi connectivity index (χ4v) is 43.5. The maximum atomic E-state index is 2.70. The van der Waals surface area contributed by atoms with Crippen LogP contribution in [0.2, 0.25) is 36.4 Å². The van der Waals surface area contributed by atoms with E-state index in [1.807, 2.05) is 0 Å². The van der Waals surface area contributed by atoms with E-state index in [4.69, 9.17) is 0 Å². The molecule has 0 radical (unpaired) electrons. The van der Waals surface area contributed by atoms with E-state index in [0.29, 0.717) is 3.67 Å². The van der Waals surface area contributed by atoms with Gasteiger partial charge in [0.05, 0.1) is 0 Å². The van der Waals surface area contributed by atoms with E-state index in [0.717, 1.165) is 6.42 Å². The van der Waals surface area contributed by atoms with Crippen molar-refractivity contribution in [2.24, 2.45) is 0 Å². The average Bonchev–Trinajstić information content (AvgIpc) is 3.20. The molecule has 0 aliphatic heterocycles. The molecule has 0 heterocycles. The molecule has 2 aliphatic carbocycles.